The van der Waals surface area contributed by atoms with E-state index in [-0.39, 0.29) is 12.1 Å². The summed E-state index contributed by atoms with van der Waals surface area (Å²) < 4.78 is 1.02. The van der Waals surface area contributed by atoms with Gasteiger partial charge in [-0.15, -0.1) is 11.8 Å². The van der Waals surface area contributed by atoms with Crippen LogP contribution in [0.4, 0.5) is 0 Å². The van der Waals surface area contributed by atoms with E-state index in [1.807, 2.05) is 12.3 Å². The van der Waals surface area contributed by atoms with Gasteiger partial charge in [0, 0.05) is 22.3 Å². The van der Waals surface area contributed by atoms with Crippen molar-refractivity contribution in [3.05, 3.63) is 22.8 Å². The summed E-state index contributed by atoms with van der Waals surface area (Å²) in [4.78, 5) is 4.40. The zero-order chi connectivity index (χ0) is 15.3. The number of pyridine rings is 1. The molecule has 2 rings (SSSR count). The van der Waals surface area contributed by atoms with Crippen molar-refractivity contribution >= 4 is 27.7 Å². The summed E-state index contributed by atoms with van der Waals surface area (Å²) in [7, 11) is 0. The first-order valence-corrected chi connectivity index (χ1v) is 9.46. The maximum Gasteiger partial charge on any atom is 0.0960 e. The van der Waals surface area contributed by atoms with Crippen molar-refractivity contribution in [1.82, 2.24) is 10.3 Å². The Balaban J connectivity index is 1.87. The van der Waals surface area contributed by atoms with Crippen LogP contribution in [0.2, 0.25) is 0 Å². The normalized spacial score (nSPS) is 25.7. The third kappa shape index (κ3) is 4.68. The van der Waals surface area contributed by atoms with E-state index in [0.29, 0.717) is 12.0 Å². The first-order valence-electron chi connectivity index (χ1n) is 7.68. The van der Waals surface area contributed by atoms with Gasteiger partial charge in [0.25, 0.3) is 0 Å². The number of hydrogen-bond acceptors (Lipinski definition) is 4. The number of halogens is 1. The Hall–Kier alpha value is -0.100. The molecule has 2 unspecified atom stereocenters. The lowest BCUT2D eigenvalue weighted by Gasteiger charge is -2.37. The highest BCUT2D eigenvalue weighted by Crippen LogP contribution is 2.39. The summed E-state index contributed by atoms with van der Waals surface area (Å²) in [5, 5.41) is 14.6. The molecule has 0 spiro atoms. The average molecular weight is 373 g/mol. The second-order valence-electron chi connectivity index (χ2n) is 6.15. The molecule has 5 heteroatoms. The molecular weight excluding hydrogens is 348 g/mol. The number of aliphatic hydroxyl groups is 1. The summed E-state index contributed by atoms with van der Waals surface area (Å²) in [5.74, 6) is 1.62. The number of aromatic nitrogens is 1. The highest BCUT2D eigenvalue weighted by Gasteiger charge is 2.41. The number of rotatable bonds is 7. The van der Waals surface area contributed by atoms with E-state index < -0.39 is 0 Å². The maximum atomic E-state index is 9.90. The van der Waals surface area contributed by atoms with Gasteiger partial charge in [-0.25, -0.2) is 4.98 Å². The molecule has 0 saturated heterocycles. The lowest BCUT2D eigenvalue weighted by molar-refractivity contribution is 0.113. The highest BCUT2D eigenvalue weighted by atomic mass is 79.9. The van der Waals surface area contributed by atoms with Crippen LogP contribution in [-0.2, 0) is 0 Å². The Bertz CT molecular complexity index is 440. The monoisotopic (exact) mass is 372 g/mol. The number of nitrogens with one attached hydrogen (secondary N) is 1. The quantitative estimate of drug-likeness (QED) is 0.713. The third-order valence-electron chi connectivity index (χ3n) is 4.23. The van der Waals surface area contributed by atoms with Gasteiger partial charge >= 0.3 is 0 Å². The van der Waals surface area contributed by atoms with Crippen LogP contribution in [0.3, 0.4) is 0 Å². The average Bonchev–Trinajstić information content (AvgIpc) is 2.84. The minimum Gasteiger partial charge on any atom is -0.394 e. The van der Waals surface area contributed by atoms with Crippen molar-refractivity contribution in [3.63, 3.8) is 0 Å². The molecule has 1 heterocycles. The SMILES string of the molecule is CC(C)NC1(CO)CCCC1CCSc1ccc(Br)cn1. The standard InChI is InChI=1S/C16H25BrN2OS/c1-12(2)19-16(11-20)8-3-4-13(16)7-9-21-15-6-5-14(17)10-18-15/h5-6,10,12-13,19-20H,3-4,7-9,11H2,1-2H3. The molecular formula is C16H25BrN2OS. The molecule has 0 bridgehead atoms. The van der Waals surface area contributed by atoms with Crippen LogP contribution in [-0.4, -0.2) is 34.0 Å². The molecule has 1 aromatic rings. The molecule has 1 aliphatic rings. The molecule has 21 heavy (non-hydrogen) atoms. The minimum absolute atomic E-state index is 0.0676. The molecule has 1 aliphatic carbocycles. The summed E-state index contributed by atoms with van der Waals surface area (Å²) >= 11 is 5.21. The number of aliphatic hydroxyl groups excluding tert-OH is 1. The van der Waals surface area contributed by atoms with Gasteiger partial charge in [0.15, 0.2) is 0 Å². The Morgan fingerprint density at radius 1 is 1.52 bits per heavy atom. The highest BCUT2D eigenvalue weighted by molar-refractivity contribution is 9.10. The molecule has 1 aromatic heterocycles. The second kappa shape index (κ2) is 7.95. The molecule has 118 valence electrons. The zero-order valence-corrected chi connectivity index (χ0v) is 15.2. The van der Waals surface area contributed by atoms with Gasteiger partial charge in [-0.2, -0.15) is 0 Å². The van der Waals surface area contributed by atoms with Gasteiger partial charge in [-0.1, -0.05) is 20.3 Å². The van der Waals surface area contributed by atoms with E-state index in [4.69, 9.17) is 0 Å². The summed E-state index contributed by atoms with van der Waals surface area (Å²) in [6.07, 6.45) is 6.49. The van der Waals surface area contributed by atoms with Crippen molar-refractivity contribution in [2.24, 2.45) is 5.92 Å². The molecule has 2 N–H and O–H groups in total. The topological polar surface area (TPSA) is 45.1 Å². The van der Waals surface area contributed by atoms with Gasteiger partial charge in [0.2, 0.25) is 0 Å². The predicted molar refractivity (Wildman–Crippen MR) is 92.7 cm³/mol. The van der Waals surface area contributed by atoms with Crippen LogP contribution in [0.5, 0.6) is 0 Å². The van der Waals surface area contributed by atoms with Crippen LogP contribution in [0, 0.1) is 5.92 Å². The van der Waals surface area contributed by atoms with Crippen molar-refractivity contribution < 1.29 is 5.11 Å². The summed E-state index contributed by atoms with van der Waals surface area (Å²) in [6.45, 7) is 4.57. The molecule has 2 atom stereocenters. The van der Waals surface area contributed by atoms with E-state index in [2.05, 4.69) is 46.1 Å². The molecule has 1 saturated carbocycles. The largest absolute Gasteiger partial charge is 0.394 e. The molecule has 0 aromatic carbocycles. The molecule has 0 amide bonds. The number of thioether (sulfide) groups is 1. The Morgan fingerprint density at radius 3 is 2.95 bits per heavy atom. The number of nitrogens with zero attached hydrogens (tertiary/aromatic N) is 1. The molecule has 0 radical (unpaired) electrons. The Kier molecular flexibility index (Phi) is 6.53. The van der Waals surface area contributed by atoms with Gasteiger partial charge in [-0.3, -0.25) is 0 Å². The van der Waals surface area contributed by atoms with Crippen LogP contribution in [0.15, 0.2) is 27.8 Å². The lowest BCUT2D eigenvalue weighted by Crippen LogP contribution is -2.54. The van der Waals surface area contributed by atoms with Gasteiger partial charge in [0.05, 0.1) is 11.6 Å². The second-order valence-corrected chi connectivity index (χ2v) is 8.19. The van der Waals surface area contributed by atoms with Gasteiger partial charge < -0.3 is 10.4 Å². The van der Waals surface area contributed by atoms with Gasteiger partial charge in [0.1, 0.15) is 0 Å². The fraction of sp³-hybridized carbons (Fsp3) is 0.688. The lowest BCUT2D eigenvalue weighted by atomic mass is 9.85. The summed E-state index contributed by atoms with van der Waals surface area (Å²) in [6, 6.07) is 4.50. The molecule has 0 aliphatic heterocycles. The summed E-state index contributed by atoms with van der Waals surface area (Å²) in [5.41, 5.74) is -0.0676. The zero-order valence-electron chi connectivity index (χ0n) is 12.8. The van der Waals surface area contributed by atoms with Crippen LogP contribution >= 0.6 is 27.7 Å². The minimum atomic E-state index is -0.0676. The van der Waals surface area contributed by atoms with E-state index in [0.717, 1.165) is 28.1 Å². The predicted octanol–water partition coefficient (Wildman–Crippen LogP) is 3.86. The van der Waals surface area contributed by atoms with Crippen LogP contribution in [0.25, 0.3) is 0 Å². The van der Waals surface area contributed by atoms with E-state index in [1.165, 1.54) is 12.8 Å². The maximum absolute atomic E-state index is 9.90. The van der Waals surface area contributed by atoms with Gasteiger partial charge in [-0.05, 0) is 59.0 Å². The van der Waals surface area contributed by atoms with Crippen molar-refractivity contribution in [2.45, 2.75) is 56.1 Å². The van der Waals surface area contributed by atoms with Crippen molar-refractivity contribution in [1.29, 1.82) is 0 Å². The Morgan fingerprint density at radius 2 is 2.33 bits per heavy atom. The van der Waals surface area contributed by atoms with Crippen LogP contribution < -0.4 is 5.32 Å². The Labute approximate surface area is 140 Å². The fourth-order valence-corrected chi connectivity index (χ4v) is 4.47. The molecule has 3 nitrogen and oxygen atoms in total. The van der Waals surface area contributed by atoms with E-state index in [9.17, 15) is 5.11 Å². The smallest absolute Gasteiger partial charge is 0.0960 e. The van der Waals surface area contributed by atoms with Crippen LogP contribution in [0.1, 0.15) is 39.5 Å². The van der Waals surface area contributed by atoms with E-state index in [1.54, 1.807) is 11.8 Å². The fourth-order valence-electron chi connectivity index (χ4n) is 3.34. The van der Waals surface area contributed by atoms with E-state index >= 15 is 0 Å². The number of hydrogen-bond donors (Lipinski definition) is 2. The third-order valence-corrected chi connectivity index (χ3v) is 5.68. The molecule has 1 fully saturated rings. The first-order chi connectivity index (χ1) is 10.1. The first kappa shape index (κ1) is 17.3. The van der Waals surface area contributed by atoms with Crippen molar-refractivity contribution in [3.8, 4) is 0 Å². The van der Waals surface area contributed by atoms with Crippen molar-refractivity contribution in [2.75, 3.05) is 12.4 Å².